The van der Waals surface area contributed by atoms with Crippen molar-refractivity contribution in [3.05, 3.63) is 77.0 Å². The molecule has 5 aromatic rings. The number of rotatable bonds is 6. The number of fused-ring (bicyclic) bond motifs is 3. The van der Waals surface area contributed by atoms with E-state index >= 15 is 0 Å². The van der Waals surface area contributed by atoms with Crippen molar-refractivity contribution >= 4 is 33.5 Å². The molecule has 9 heteroatoms. The largest absolute Gasteiger partial charge is 0.456 e. The Bertz CT molecular complexity index is 1500. The molecule has 1 amide bonds. The second-order valence-corrected chi connectivity index (χ2v) is 7.56. The third-order valence-corrected chi connectivity index (χ3v) is 5.39. The summed E-state index contributed by atoms with van der Waals surface area (Å²) in [5, 5.41) is 11.8. The second kappa shape index (κ2) is 7.69. The Labute approximate surface area is 181 Å². The van der Waals surface area contributed by atoms with Crippen molar-refractivity contribution in [2.75, 3.05) is 5.32 Å². The number of carbonyl (C=O) groups excluding carboxylic acids is 1. The standard InChI is InChI=1S/C23H20N6O3/c1-13(14-6-7-20-17(8-14)16-4-2-3-5-19(16)32-20)28-18-11-25-22(15-9-26-27-10-15)29(23(18)31)12-21(24)30/h2-11,13,28H,12H2,1H3,(H2,24,30)(H,26,27). The molecule has 4 N–H and O–H groups in total. The highest BCUT2D eigenvalue weighted by Crippen LogP contribution is 2.31. The number of hydrogen-bond donors (Lipinski definition) is 3. The predicted octanol–water partition coefficient (Wildman–Crippen LogP) is 3.19. The highest BCUT2D eigenvalue weighted by Gasteiger charge is 2.17. The lowest BCUT2D eigenvalue weighted by molar-refractivity contribution is -0.118. The van der Waals surface area contributed by atoms with Gasteiger partial charge in [-0.1, -0.05) is 24.3 Å². The van der Waals surface area contributed by atoms with E-state index in [1.54, 1.807) is 6.20 Å². The van der Waals surface area contributed by atoms with E-state index in [4.69, 9.17) is 10.2 Å². The van der Waals surface area contributed by atoms with Gasteiger partial charge in [-0.05, 0) is 30.7 Å². The van der Waals surface area contributed by atoms with Crippen LogP contribution >= 0.6 is 0 Å². The highest BCUT2D eigenvalue weighted by atomic mass is 16.3. The number of H-pyrrole nitrogens is 1. The molecular weight excluding hydrogens is 408 g/mol. The third-order valence-electron chi connectivity index (χ3n) is 5.39. The number of hydrogen-bond acceptors (Lipinski definition) is 6. The molecule has 0 aliphatic carbocycles. The first-order valence-electron chi connectivity index (χ1n) is 10.1. The van der Waals surface area contributed by atoms with Gasteiger partial charge in [-0.2, -0.15) is 5.10 Å². The summed E-state index contributed by atoms with van der Waals surface area (Å²) in [5.74, 6) is -0.326. The molecule has 0 spiro atoms. The van der Waals surface area contributed by atoms with Crippen LogP contribution in [0.4, 0.5) is 5.69 Å². The van der Waals surface area contributed by atoms with Crippen LogP contribution in [-0.4, -0.2) is 25.7 Å². The number of primary amides is 1. The van der Waals surface area contributed by atoms with Gasteiger partial charge in [-0.3, -0.25) is 19.3 Å². The average Bonchev–Trinajstić information content (AvgIpc) is 3.44. The number of benzene rings is 2. The lowest BCUT2D eigenvalue weighted by Crippen LogP contribution is -2.31. The van der Waals surface area contributed by atoms with Crippen LogP contribution in [0.3, 0.4) is 0 Å². The van der Waals surface area contributed by atoms with Gasteiger partial charge in [0.25, 0.3) is 5.56 Å². The molecule has 3 heterocycles. The van der Waals surface area contributed by atoms with Crippen molar-refractivity contribution in [3.63, 3.8) is 0 Å². The smallest absolute Gasteiger partial charge is 0.277 e. The normalized spacial score (nSPS) is 12.3. The number of nitrogens with one attached hydrogen (secondary N) is 2. The number of anilines is 1. The fraction of sp³-hybridized carbons (Fsp3) is 0.130. The van der Waals surface area contributed by atoms with Crippen molar-refractivity contribution < 1.29 is 9.21 Å². The fourth-order valence-electron chi connectivity index (χ4n) is 3.83. The fourth-order valence-corrected chi connectivity index (χ4v) is 3.83. The van der Waals surface area contributed by atoms with Crippen LogP contribution in [0.2, 0.25) is 0 Å². The van der Waals surface area contributed by atoms with Gasteiger partial charge in [-0.15, -0.1) is 0 Å². The molecule has 0 aliphatic rings. The number of furan rings is 1. The van der Waals surface area contributed by atoms with E-state index in [1.807, 2.05) is 49.4 Å². The molecule has 9 nitrogen and oxygen atoms in total. The molecule has 0 aliphatic heterocycles. The molecule has 0 fully saturated rings. The molecule has 0 radical (unpaired) electrons. The van der Waals surface area contributed by atoms with E-state index in [9.17, 15) is 9.59 Å². The van der Waals surface area contributed by atoms with Gasteiger partial charge in [0.1, 0.15) is 29.2 Å². The Balaban J connectivity index is 1.51. The average molecular weight is 428 g/mol. The summed E-state index contributed by atoms with van der Waals surface area (Å²) < 4.78 is 7.14. The number of nitrogens with two attached hydrogens (primary N) is 1. The van der Waals surface area contributed by atoms with Crippen molar-refractivity contribution in [1.82, 2.24) is 19.7 Å². The summed E-state index contributed by atoms with van der Waals surface area (Å²) >= 11 is 0. The minimum Gasteiger partial charge on any atom is -0.456 e. The maximum Gasteiger partial charge on any atom is 0.277 e. The van der Waals surface area contributed by atoms with Gasteiger partial charge < -0.3 is 15.5 Å². The zero-order chi connectivity index (χ0) is 22.2. The van der Waals surface area contributed by atoms with Gasteiger partial charge in [0, 0.05) is 23.0 Å². The first-order chi connectivity index (χ1) is 15.5. The van der Waals surface area contributed by atoms with Crippen LogP contribution in [0.15, 0.2) is 70.3 Å². The first-order valence-corrected chi connectivity index (χ1v) is 10.1. The Morgan fingerprint density at radius 2 is 2.00 bits per heavy atom. The molecule has 32 heavy (non-hydrogen) atoms. The van der Waals surface area contributed by atoms with Gasteiger partial charge >= 0.3 is 0 Å². The molecule has 0 saturated carbocycles. The summed E-state index contributed by atoms with van der Waals surface area (Å²) in [7, 11) is 0. The van der Waals surface area contributed by atoms with Gasteiger partial charge in [-0.25, -0.2) is 4.98 Å². The molecule has 160 valence electrons. The van der Waals surface area contributed by atoms with E-state index in [0.717, 1.165) is 27.5 Å². The maximum absolute atomic E-state index is 13.1. The van der Waals surface area contributed by atoms with Gasteiger partial charge in [0.15, 0.2) is 0 Å². The minimum absolute atomic E-state index is 0.204. The summed E-state index contributed by atoms with van der Waals surface area (Å²) in [4.78, 5) is 29.1. The quantitative estimate of drug-likeness (QED) is 0.381. The molecule has 0 saturated heterocycles. The number of para-hydroxylation sites is 1. The third kappa shape index (κ3) is 3.39. The summed E-state index contributed by atoms with van der Waals surface area (Å²) in [6.07, 6.45) is 4.59. The molecule has 2 aromatic carbocycles. The number of aromatic nitrogens is 4. The first kappa shape index (κ1) is 19.6. The lowest BCUT2D eigenvalue weighted by Gasteiger charge is -2.17. The number of aromatic amines is 1. The Morgan fingerprint density at radius 3 is 2.78 bits per heavy atom. The topological polar surface area (TPSA) is 132 Å². The van der Waals surface area contributed by atoms with Gasteiger partial charge in [0.05, 0.1) is 18.0 Å². The number of amides is 1. The van der Waals surface area contributed by atoms with Crippen LogP contribution in [-0.2, 0) is 11.3 Å². The van der Waals surface area contributed by atoms with E-state index in [2.05, 4.69) is 20.5 Å². The summed E-state index contributed by atoms with van der Waals surface area (Å²) in [5.41, 5.74) is 8.43. The van der Waals surface area contributed by atoms with Crippen molar-refractivity contribution in [2.24, 2.45) is 5.73 Å². The molecule has 3 aromatic heterocycles. The predicted molar refractivity (Wildman–Crippen MR) is 121 cm³/mol. The van der Waals surface area contributed by atoms with Crippen molar-refractivity contribution in [1.29, 1.82) is 0 Å². The monoisotopic (exact) mass is 428 g/mol. The summed E-state index contributed by atoms with van der Waals surface area (Å²) in [6.45, 7) is 1.66. The SMILES string of the molecule is CC(Nc1cnc(-c2cn[nH]c2)n(CC(N)=O)c1=O)c1ccc2oc3ccccc3c2c1. The molecule has 1 atom stereocenters. The van der Waals surface area contributed by atoms with Crippen LogP contribution in [0.25, 0.3) is 33.3 Å². The molecule has 0 bridgehead atoms. The van der Waals surface area contributed by atoms with E-state index < -0.39 is 11.5 Å². The summed E-state index contributed by atoms with van der Waals surface area (Å²) in [6, 6.07) is 13.6. The van der Waals surface area contributed by atoms with Crippen LogP contribution in [0.1, 0.15) is 18.5 Å². The second-order valence-electron chi connectivity index (χ2n) is 7.56. The van der Waals surface area contributed by atoms with Gasteiger partial charge in [0.2, 0.25) is 5.91 Å². The zero-order valence-corrected chi connectivity index (χ0v) is 17.2. The highest BCUT2D eigenvalue weighted by molar-refractivity contribution is 6.05. The van der Waals surface area contributed by atoms with Crippen molar-refractivity contribution in [3.8, 4) is 11.4 Å². The Kier molecular flexibility index (Phi) is 4.70. The Hall–Kier alpha value is -4.40. The number of nitrogens with zero attached hydrogens (tertiary/aromatic N) is 3. The van der Waals surface area contributed by atoms with Crippen molar-refractivity contribution in [2.45, 2.75) is 19.5 Å². The maximum atomic E-state index is 13.1. The lowest BCUT2D eigenvalue weighted by atomic mass is 10.0. The Morgan fingerprint density at radius 1 is 1.19 bits per heavy atom. The van der Waals surface area contributed by atoms with Crippen LogP contribution < -0.4 is 16.6 Å². The molecule has 5 rings (SSSR count). The molecule has 1 unspecified atom stereocenters. The number of carbonyl (C=O) groups is 1. The minimum atomic E-state index is -0.638. The molecular formula is C23H20N6O3. The van der Waals surface area contributed by atoms with Crippen LogP contribution in [0.5, 0.6) is 0 Å². The zero-order valence-electron chi connectivity index (χ0n) is 17.2. The van der Waals surface area contributed by atoms with Crippen LogP contribution in [0, 0.1) is 0 Å². The van der Waals surface area contributed by atoms with E-state index in [-0.39, 0.29) is 18.3 Å². The van der Waals surface area contributed by atoms with E-state index in [0.29, 0.717) is 11.4 Å². The van der Waals surface area contributed by atoms with E-state index in [1.165, 1.54) is 17.0 Å².